The van der Waals surface area contributed by atoms with E-state index < -0.39 is 0 Å². The minimum Gasteiger partial charge on any atom is -0.337 e. The van der Waals surface area contributed by atoms with Gasteiger partial charge in [-0.05, 0) is 44.0 Å². The van der Waals surface area contributed by atoms with Crippen LogP contribution in [0.1, 0.15) is 25.3 Å². The van der Waals surface area contributed by atoms with E-state index in [0.717, 1.165) is 31.5 Å². The molecule has 1 fully saturated rings. The molecule has 1 aromatic heterocycles. The van der Waals surface area contributed by atoms with Crippen molar-refractivity contribution < 1.29 is 4.79 Å². The van der Waals surface area contributed by atoms with Gasteiger partial charge < -0.3 is 10.2 Å². The molecule has 1 aliphatic rings. The third-order valence-corrected chi connectivity index (χ3v) is 3.17. The Kier molecular flexibility index (Phi) is 6.09. The lowest BCUT2D eigenvalue weighted by molar-refractivity contribution is -0.133. The summed E-state index contributed by atoms with van der Waals surface area (Å²) in [4.78, 5) is 18.1. The Balaban J connectivity index is 0.00000162. The third-order valence-electron chi connectivity index (χ3n) is 3.17. The average molecular weight is 270 g/mol. The maximum absolute atomic E-state index is 12.2. The Morgan fingerprint density at radius 3 is 2.78 bits per heavy atom. The fourth-order valence-corrected chi connectivity index (χ4v) is 2.17. The molecule has 0 aromatic carbocycles. The van der Waals surface area contributed by atoms with Gasteiger partial charge in [-0.3, -0.25) is 9.78 Å². The number of likely N-dealkylation sites (N-methyl/N-ethyl adjacent to an activating group) is 1. The van der Waals surface area contributed by atoms with Crippen LogP contribution in [-0.4, -0.2) is 34.9 Å². The average Bonchev–Trinajstić information content (AvgIpc) is 2.90. The van der Waals surface area contributed by atoms with Gasteiger partial charge in [0.2, 0.25) is 5.91 Å². The minimum atomic E-state index is 0. The van der Waals surface area contributed by atoms with Gasteiger partial charge in [-0.25, -0.2) is 0 Å². The summed E-state index contributed by atoms with van der Waals surface area (Å²) >= 11 is 0. The van der Waals surface area contributed by atoms with Gasteiger partial charge in [0.1, 0.15) is 0 Å². The summed E-state index contributed by atoms with van der Waals surface area (Å²) < 4.78 is 0. The lowest BCUT2D eigenvalue weighted by Crippen LogP contribution is -2.43. The van der Waals surface area contributed by atoms with Crippen LogP contribution in [0.2, 0.25) is 0 Å². The molecule has 5 heteroatoms. The molecule has 18 heavy (non-hydrogen) atoms. The lowest BCUT2D eigenvalue weighted by Gasteiger charge is -2.24. The normalized spacial score (nSPS) is 18.2. The number of carbonyl (C=O) groups is 1. The van der Waals surface area contributed by atoms with Crippen molar-refractivity contribution in [1.29, 1.82) is 0 Å². The highest BCUT2D eigenvalue weighted by atomic mass is 35.5. The third kappa shape index (κ3) is 3.68. The highest BCUT2D eigenvalue weighted by Gasteiger charge is 2.25. The largest absolute Gasteiger partial charge is 0.337 e. The molecule has 0 bridgehead atoms. The predicted molar refractivity (Wildman–Crippen MR) is 73.6 cm³/mol. The molecule has 0 spiro atoms. The number of amides is 1. The minimum absolute atomic E-state index is 0. The fourth-order valence-electron chi connectivity index (χ4n) is 2.17. The number of hydrogen-bond acceptors (Lipinski definition) is 3. The van der Waals surface area contributed by atoms with Gasteiger partial charge in [0, 0.05) is 25.5 Å². The Hall–Kier alpha value is -1.13. The van der Waals surface area contributed by atoms with Crippen LogP contribution in [0.5, 0.6) is 0 Å². The van der Waals surface area contributed by atoms with E-state index in [0.29, 0.717) is 6.54 Å². The van der Waals surface area contributed by atoms with Gasteiger partial charge in [-0.1, -0.05) is 0 Å². The number of nitrogens with one attached hydrogen (secondary N) is 1. The molecule has 2 heterocycles. The summed E-state index contributed by atoms with van der Waals surface area (Å²) in [6.45, 7) is 4.41. The second-order valence-corrected chi connectivity index (χ2v) is 4.36. The van der Waals surface area contributed by atoms with Crippen molar-refractivity contribution in [3.63, 3.8) is 0 Å². The van der Waals surface area contributed by atoms with Crippen LogP contribution >= 0.6 is 12.4 Å². The van der Waals surface area contributed by atoms with Crippen molar-refractivity contribution in [3.8, 4) is 0 Å². The van der Waals surface area contributed by atoms with Crippen molar-refractivity contribution in [2.45, 2.75) is 32.4 Å². The Morgan fingerprint density at radius 2 is 2.22 bits per heavy atom. The quantitative estimate of drug-likeness (QED) is 0.903. The number of halogens is 1. The number of rotatable bonds is 4. The van der Waals surface area contributed by atoms with Crippen LogP contribution < -0.4 is 5.32 Å². The van der Waals surface area contributed by atoms with Gasteiger partial charge in [-0.2, -0.15) is 0 Å². The molecule has 0 radical (unpaired) electrons. The molecule has 1 saturated heterocycles. The zero-order chi connectivity index (χ0) is 12.1. The van der Waals surface area contributed by atoms with Crippen LogP contribution in [0.25, 0.3) is 0 Å². The molecule has 0 unspecified atom stereocenters. The molecule has 1 aliphatic heterocycles. The summed E-state index contributed by atoms with van der Waals surface area (Å²) in [5.74, 6) is 0.224. The van der Waals surface area contributed by atoms with Crippen LogP contribution in [-0.2, 0) is 11.3 Å². The van der Waals surface area contributed by atoms with E-state index in [2.05, 4.69) is 10.3 Å². The van der Waals surface area contributed by atoms with E-state index in [4.69, 9.17) is 0 Å². The Labute approximate surface area is 114 Å². The molecular weight excluding hydrogens is 250 g/mol. The first-order valence-corrected chi connectivity index (χ1v) is 6.22. The van der Waals surface area contributed by atoms with E-state index in [1.807, 2.05) is 24.0 Å². The fraction of sp³-hybridized carbons (Fsp3) is 0.538. The molecule has 0 saturated carbocycles. The summed E-state index contributed by atoms with van der Waals surface area (Å²) in [6.07, 6.45) is 5.60. The van der Waals surface area contributed by atoms with Crippen molar-refractivity contribution in [3.05, 3.63) is 30.1 Å². The SMILES string of the molecule is CCN(Cc1ccncc1)C(=O)[C@@H]1CCCN1.Cl. The topological polar surface area (TPSA) is 45.2 Å². The second kappa shape index (κ2) is 7.34. The number of pyridine rings is 1. The molecule has 2 rings (SSSR count). The molecule has 0 aliphatic carbocycles. The van der Waals surface area contributed by atoms with Crippen LogP contribution in [0.15, 0.2) is 24.5 Å². The van der Waals surface area contributed by atoms with E-state index in [1.165, 1.54) is 0 Å². The Morgan fingerprint density at radius 1 is 1.50 bits per heavy atom. The van der Waals surface area contributed by atoms with Gasteiger partial charge in [-0.15, -0.1) is 12.4 Å². The van der Waals surface area contributed by atoms with E-state index in [-0.39, 0.29) is 24.4 Å². The van der Waals surface area contributed by atoms with Crippen molar-refractivity contribution in [1.82, 2.24) is 15.2 Å². The summed E-state index contributed by atoms with van der Waals surface area (Å²) in [5, 5.41) is 3.25. The number of nitrogens with zero attached hydrogens (tertiary/aromatic N) is 2. The highest BCUT2D eigenvalue weighted by Crippen LogP contribution is 2.11. The maximum Gasteiger partial charge on any atom is 0.239 e. The van der Waals surface area contributed by atoms with Crippen molar-refractivity contribution >= 4 is 18.3 Å². The smallest absolute Gasteiger partial charge is 0.239 e. The zero-order valence-corrected chi connectivity index (χ0v) is 11.4. The highest BCUT2D eigenvalue weighted by molar-refractivity contribution is 5.85. The first-order chi connectivity index (χ1) is 8.31. The van der Waals surface area contributed by atoms with Crippen molar-refractivity contribution in [2.75, 3.05) is 13.1 Å². The van der Waals surface area contributed by atoms with Crippen molar-refractivity contribution in [2.24, 2.45) is 0 Å². The number of carbonyl (C=O) groups excluding carboxylic acids is 1. The number of hydrogen-bond donors (Lipinski definition) is 1. The number of aromatic nitrogens is 1. The zero-order valence-electron chi connectivity index (χ0n) is 10.6. The van der Waals surface area contributed by atoms with Gasteiger partial charge in [0.25, 0.3) is 0 Å². The van der Waals surface area contributed by atoms with E-state index in [1.54, 1.807) is 12.4 Å². The maximum atomic E-state index is 12.2. The molecular formula is C13H20ClN3O. The summed E-state index contributed by atoms with van der Waals surface area (Å²) in [5.41, 5.74) is 1.13. The van der Waals surface area contributed by atoms with Gasteiger partial charge in [0.15, 0.2) is 0 Å². The molecule has 4 nitrogen and oxygen atoms in total. The molecule has 1 aromatic rings. The Bertz CT molecular complexity index is 366. The van der Waals surface area contributed by atoms with Gasteiger partial charge >= 0.3 is 0 Å². The van der Waals surface area contributed by atoms with Crippen LogP contribution in [0, 0.1) is 0 Å². The molecule has 1 amide bonds. The predicted octanol–water partition coefficient (Wildman–Crippen LogP) is 1.60. The lowest BCUT2D eigenvalue weighted by atomic mass is 10.2. The van der Waals surface area contributed by atoms with E-state index >= 15 is 0 Å². The standard InChI is InChI=1S/C13H19N3O.ClH/c1-2-16(10-11-5-8-14-9-6-11)13(17)12-4-3-7-15-12;/h5-6,8-9,12,15H,2-4,7,10H2,1H3;1H/t12-;/m0./s1. The van der Waals surface area contributed by atoms with Gasteiger partial charge in [0.05, 0.1) is 6.04 Å². The van der Waals surface area contributed by atoms with Crippen LogP contribution in [0.3, 0.4) is 0 Å². The van der Waals surface area contributed by atoms with E-state index in [9.17, 15) is 4.79 Å². The molecule has 100 valence electrons. The molecule has 1 atom stereocenters. The van der Waals surface area contributed by atoms with Crippen LogP contribution in [0.4, 0.5) is 0 Å². The second-order valence-electron chi connectivity index (χ2n) is 4.36. The first kappa shape index (κ1) is 14.9. The summed E-state index contributed by atoms with van der Waals surface area (Å²) in [7, 11) is 0. The summed E-state index contributed by atoms with van der Waals surface area (Å²) in [6, 6.07) is 3.94. The first-order valence-electron chi connectivity index (χ1n) is 6.22. The monoisotopic (exact) mass is 269 g/mol. The molecule has 1 N–H and O–H groups in total.